The van der Waals surface area contributed by atoms with Crippen LogP contribution in [-0.2, 0) is 4.84 Å². The van der Waals surface area contributed by atoms with Gasteiger partial charge in [0.25, 0.3) is 0 Å². The Morgan fingerprint density at radius 2 is 2.64 bits per heavy atom. The molecule has 6 heteroatoms. The van der Waals surface area contributed by atoms with E-state index in [0.717, 1.165) is 11.5 Å². The Bertz CT molecular complexity index is 246. The van der Waals surface area contributed by atoms with Gasteiger partial charge in [-0.15, -0.1) is 0 Å². The zero-order valence-electron chi connectivity index (χ0n) is 6.02. The van der Waals surface area contributed by atoms with E-state index in [0.29, 0.717) is 17.6 Å². The van der Waals surface area contributed by atoms with Gasteiger partial charge >= 0.3 is 0 Å². The molecule has 0 saturated heterocycles. The highest BCUT2D eigenvalue weighted by Crippen LogP contribution is 2.02. The number of hydrogen-bond acceptors (Lipinski definition) is 6. The lowest BCUT2D eigenvalue weighted by molar-refractivity contribution is 0.160. The third-order valence-corrected chi connectivity index (χ3v) is 1.39. The standard InChI is InChI=1S/C5H8N4OS/c1-2-10-7-3-4-8-5(6)11-9-4/h3H,2H2,1H3,(H2,6,8,9)/b7-3+. The molecule has 0 bridgehead atoms. The fourth-order valence-corrected chi connectivity index (χ4v) is 0.868. The van der Waals surface area contributed by atoms with E-state index in [-0.39, 0.29) is 0 Å². The number of rotatable bonds is 3. The monoisotopic (exact) mass is 172 g/mol. The van der Waals surface area contributed by atoms with Gasteiger partial charge in [-0.2, -0.15) is 9.36 Å². The minimum Gasteiger partial charge on any atom is -0.396 e. The first-order valence-corrected chi connectivity index (χ1v) is 3.84. The second kappa shape index (κ2) is 3.87. The van der Waals surface area contributed by atoms with Gasteiger partial charge in [0.15, 0.2) is 11.0 Å². The minimum absolute atomic E-state index is 0.433. The van der Waals surface area contributed by atoms with Crippen LogP contribution in [0.5, 0.6) is 0 Å². The van der Waals surface area contributed by atoms with Crippen LogP contribution < -0.4 is 5.73 Å². The first-order valence-electron chi connectivity index (χ1n) is 3.07. The summed E-state index contributed by atoms with van der Waals surface area (Å²) in [5, 5.41) is 4.01. The van der Waals surface area contributed by atoms with Crippen molar-refractivity contribution in [2.45, 2.75) is 6.92 Å². The zero-order chi connectivity index (χ0) is 8.10. The number of hydrogen-bond donors (Lipinski definition) is 1. The molecule has 0 fully saturated rings. The van der Waals surface area contributed by atoms with Crippen molar-refractivity contribution >= 4 is 22.9 Å². The van der Waals surface area contributed by atoms with Gasteiger partial charge in [-0.25, -0.2) is 0 Å². The van der Waals surface area contributed by atoms with Crippen molar-refractivity contribution in [2.24, 2.45) is 5.16 Å². The second-order valence-electron chi connectivity index (χ2n) is 1.64. The maximum atomic E-state index is 5.33. The molecule has 0 unspecified atom stereocenters. The fourth-order valence-electron chi connectivity index (χ4n) is 0.459. The van der Waals surface area contributed by atoms with Gasteiger partial charge in [0.2, 0.25) is 0 Å². The Hall–Kier alpha value is -1.17. The lowest BCUT2D eigenvalue weighted by Gasteiger charge is -1.86. The van der Waals surface area contributed by atoms with E-state index < -0.39 is 0 Å². The molecular weight excluding hydrogens is 164 g/mol. The van der Waals surface area contributed by atoms with Gasteiger partial charge in [0.1, 0.15) is 12.8 Å². The first kappa shape index (κ1) is 7.93. The van der Waals surface area contributed by atoms with Crippen molar-refractivity contribution < 1.29 is 4.84 Å². The summed E-state index contributed by atoms with van der Waals surface area (Å²) >= 11 is 1.13. The van der Waals surface area contributed by atoms with E-state index in [1.807, 2.05) is 6.92 Å². The Morgan fingerprint density at radius 1 is 1.82 bits per heavy atom. The van der Waals surface area contributed by atoms with Crippen molar-refractivity contribution in [1.82, 2.24) is 9.36 Å². The van der Waals surface area contributed by atoms with Gasteiger partial charge in [-0.3, -0.25) is 0 Å². The van der Waals surface area contributed by atoms with Crippen LogP contribution in [0.15, 0.2) is 5.16 Å². The molecule has 0 atom stereocenters. The van der Waals surface area contributed by atoms with Gasteiger partial charge in [0.05, 0.1) is 0 Å². The van der Waals surface area contributed by atoms with Gasteiger partial charge in [-0.05, 0) is 6.92 Å². The lowest BCUT2D eigenvalue weighted by atomic mass is 10.7. The highest BCUT2D eigenvalue weighted by molar-refractivity contribution is 7.09. The molecule has 1 aromatic heterocycles. The van der Waals surface area contributed by atoms with E-state index in [1.54, 1.807) is 0 Å². The Kier molecular flexibility index (Phi) is 2.79. The van der Waals surface area contributed by atoms with Crippen molar-refractivity contribution in [3.63, 3.8) is 0 Å². The Labute approximate surface area is 68.0 Å². The third-order valence-electron chi connectivity index (χ3n) is 0.829. The number of nitrogens with two attached hydrogens (primary N) is 1. The van der Waals surface area contributed by atoms with Gasteiger partial charge in [0, 0.05) is 11.5 Å². The van der Waals surface area contributed by atoms with E-state index in [4.69, 9.17) is 10.6 Å². The molecule has 0 saturated carbocycles. The van der Waals surface area contributed by atoms with Crippen LogP contribution in [0.4, 0.5) is 5.13 Å². The van der Waals surface area contributed by atoms with E-state index in [1.165, 1.54) is 6.21 Å². The highest BCUT2D eigenvalue weighted by atomic mass is 32.1. The summed E-state index contributed by atoms with van der Waals surface area (Å²) in [5.74, 6) is 0.487. The largest absolute Gasteiger partial charge is 0.396 e. The summed E-state index contributed by atoms with van der Waals surface area (Å²) in [6.07, 6.45) is 1.43. The Morgan fingerprint density at radius 3 is 3.18 bits per heavy atom. The van der Waals surface area contributed by atoms with Crippen LogP contribution in [0.3, 0.4) is 0 Å². The molecule has 1 rings (SSSR count). The molecule has 0 spiro atoms. The Balaban J connectivity index is 2.50. The van der Waals surface area contributed by atoms with Crippen molar-refractivity contribution in [3.8, 4) is 0 Å². The molecule has 0 amide bonds. The topological polar surface area (TPSA) is 73.4 Å². The number of nitrogen functional groups attached to an aromatic ring is 1. The molecule has 1 aromatic rings. The molecule has 60 valence electrons. The SMILES string of the molecule is CCO/N=C/c1nsc(N)n1. The molecule has 0 aromatic carbocycles. The summed E-state index contributed by atoms with van der Waals surface area (Å²) < 4.78 is 3.86. The summed E-state index contributed by atoms with van der Waals surface area (Å²) in [6.45, 7) is 2.39. The number of nitrogens with zero attached hydrogens (tertiary/aromatic N) is 3. The van der Waals surface area contributed by atoms with Gasteiger partial charge < -0.3 is 10.6 Å². The molecule has 0 aliphatic heterocycles. The van der Waals surface area contributed by atoms with Crippen molar-refractivity contribution in [1.29, 1.82) is 0 Å². The average molecular weight is 172 g/mol. The highest BCUT2D eigenvalue weighted by Gasteiger charge is 1.95. The van der Waals surface area contributed by atoms with E-state index in [9.17, 15) is 0 Å². The number of anilines is 1. The van der Waals surface area contributed by atoms with Crippen LogP contribution in [0.1, 0.15) is 12.7 Å². The normalized spacial score (nSPS) is 10.6. The van der Waals surface area contributed by atoms with Crippen molar-refractivity contribution in [2.75, 3.05) is 12.3 Å². The van der Waals surface area contributed by atoms with Crippen LogP contribution in [0.2, 0.25) is 0 Å². The molecule has 2 N–H and O–H groups in total. The molecular formula is C5H8N4OS. The zero-order valence-corrected chi connectivity index (χ0v) is 6.84. The van der Waals surface area contributed by atoms with Crippen molar-refractivity contribution in [3.05, 3.63) is 5.82 Å². The van der Waals surface area contributed by atoms with Crippen LogP contribution in [-0.4, -0.2) is 22.2 Å². The predicted molar refractivity (Wildman–Crippen MR) is 43.5 cm³/mol. The smallest absolute Gasteiger partial charge is 0.200 e. The van der Waals surface area contributed by atoms with E-state index >= 15 is 0 Å². The second-order valence-corrected chi connectivity index (χ2v) is 2.43. The van der Waals surface area contributed by atoms with Crippen LogP contribution >= 0.6 is 11.5 Å². The summed E-state index contributed by atoms with van der Waals surface area (Å²) in [5.41, 5.74) is 5.33. The molecule has 1 heterocycles. The van der Waals surface area contributed by atoms with E-state index in [2.05, 4.69) is 14.5 Å². The maximum Gasteiger partial charge on any atom is 0.200 e. The predicted octanol–water partition coefficient (Wildman–Crippen LogP) is 0.491. The summed E-state index contributed by atoms with van der Waals surface area (Å²) in [6, 6.07) is 0. The fraction of sp³-hybridized carbons (Fsp3) is 0.400. The quantitative estimate of drug-likeness (QED) is 0.532. The maximum absolute atomic E-state index is 5.33. The molecule has 11 heavy (non-hydrogen) atoms. The lowest BCUT2D eigenvalue weighted by Crippen LogP contribution is -1.88. The van der Waals surface area contributed by atoms with Crippen LogP contribution in [0, 0.1) is 0 Å². The number of aromatic nitrogens is 2. The third kappa shape index (κ3) is 2.50. The van der Waals surface area contributed by atoms with Gasteiger partial charge in [-0.1, -0.05) is 5.16 Å². The molecule has 5 nitrogen and oxygen atoms in total. The number of oxime groups is 1. The summed E-state index contributed by atoms with van der Waals surface area (Å²) in [4.78, 5) is 8.54. The molecule has 0 radical (unpaired) electrons. The first-order chi connectivity index (χ1) is 5.33. The molecule has 0 aliphatic carbocycles. The average Bonchev–Trinajstić information content (AvgIpc) is 2.37. The minimum atomic E-state index is 0.433. The van der Waals surface area contributed by atoms with Crippen LogP contribution in [0.25, 0.3) is 0 Å². The molecule has 0 aliphatic rings. The summed E-state index contributed by atoms with van der Waals surface area (Å²) in [7, 11) is 0.